The van der Waals surface area contributed by atoms with E-state index in [1.165, 1.54) is 11.8 Å². The number of rotatable bonds is 2. The number of aromatic nitrogens is 1. The van der Waals surface area contributed by atoms with Crippen molar-refractivity contribution >= 4 is 56.4 Å². The van der Waals surface area contributed by atoms with Crippen molar-refractivity contribution in [2.24, 2.45) is 4.99 Å². The normalized spacial score (nSPS) is 15.4. The third-order valence-electron chi connectivity index (χ3n) is 5.09. The molecular weight excluding hydrogens is 378 g/mol. The zero-order valence-electron chi connectivity index (χ0n) is 16.2. The molecular formula is C24H19N3OS. The molecule has 0 unspecified atom stereocenters. The Balaban J connectivity index is 1.56. The molecule has 0 saturated heterocycles. The molecule has 1 amide bonds. The first kappa shape index (κ1) is 17.8. The van der Waals surface area contributed by atoms with Gasteiger partial charge in [-0.2, -0.15) is 4.99 Å². The van der Waals surface area contributed by atoms with Gasteiger partial charge < -0.3 is 4.90 Å². The number of amides is 1. The Morgan fingerprint density at radius 2 is 1.45 bits per heavy atom. The molecule has 0 bridgehead atoms. The number of anilines is 1. The van der Waals surface area contributed by atoms with E-state index >= 15 is 0 Å². The standard InChI is InChI=1S/C24H19N3OS/c1-26(2)17-13-11-16(12-14-17)15-22-23(28)25-24(29-22)27-20-9-5-3-7-18(20)19-8-4-6-10-21(19)27/h3-15H,1-2H3. The van der Waals surface area contributed by atoms with E-state index < -0.39 is 0 Å². The summed E-state index contributed by atoms with van der Waals surface area (Å²) < 4.78 is 2.09. The number of carbonyl (C=O) groups excluding carboxylic acids is 1. The van der Waals surface area contributed by atoms with Crippen LogP contribution in [0.2, 0.25) is 0 Å². The molecule has 3 aromatic carbocycles. The molecule has 0 fully saturated rings. The van der Waals surface area contributed by atoms with Gasteiger partial charge in [0.2, 0.25) is 0 Å². The van der Waals surface area contributed by atoms with Crippen LogP contribution in [0.5, 0.6) is 0 Å². The Kier molecular flexibility index (Phi) is 4.25. The summed E-state index contributed by atoms with van der Waals surface area (Å²) in [4.78, 5) is 19.7. The number of hydrogen-bond acceptors (Lipinski definition) is 3. The van der Waals surface area contributed by atoms with Crippen LogP contribution in [-0.2, 0) is 4.79 Å². The highest BCUT2D eigenvalue weighted by molar-refractivity contribution is 8.18. The molecule has 0 N–H and O–H groups in total. The molecule has 0 spiro atoms. The Morgan fingerprint density at radius 1 is 0.862 bits per heavy atom. The van der Waals surface area contributed by atoms with Crippen LogP contribution in [0.3, 0.4) is 0 Å². The summed E-state index contributed by atoms with van der Waals surface area (Å²) in [5, 5.41) is 3.02. The van der Waals surface area contributed by atoms with E-state index in [2.05, 4.69) is 38.7 Å². The number of para-hydroxylation sites is 2. The summed E-state index contributed by atoms with van der Waals surface area (Å²) in [6.07, 6.45) is 1.91. The number of thioether (sulfide) groups is 1. The smallest absolute Gasteiger partial charge is 0.286 e. The average molecular weight is 398 g/mol. The first-order valence-electron chi connectivity index (χ1n) is 9.40. The van der Waals surface area contributed by atoms with Gasteiger partial charge in [-0.15, -0.1) is 0 Å². The van der Waals surface area contributed by atoms with E-state index in [9.17, 15) is 4.79 Å². The van der Waals surface area contributed by atoms with Gasteiger partial charge in [-0.05, 0) is 47.7 Å². The molecule has 142 valence electrons. The van der Waals surface area contributed by atoms with Crippen molar-refractivity contribution in [1.82, 2.24) is 4.57 Å². The second-order valence-corrected chi connectivity index (χ2v) is 8.17. The fourth-order valence-electron chi connectivity index (χ4n) is 3.64. The lowest BCUT2D eigenvalue weighted by Crippen LogP contribution is -2.07. The Hall–Kier alpha value is -3.31. The molecule has 5 rings (SSSR count). The highest BCUT2D eigenvalue weighted by Gasteiger charge is 2.25. The van der Waals surface area contributed by atoms with Crippen LogP contribution in [0.1, 0.15) is 5.56 Å². The summed E-state index contributed by atoms with van der Waals surface area (Å²) in [6.45, 7) is 0. The monoisotopic (exact) mass is 397 g/mol. The highest BCUT2D eigenvalue weighted by Crippen LogP contribution is 2.35. The molecule has 4 aromatic rings. The van der Waals surface area contributed by atoms with Crippen molar-refractivity contribution in [3.63, 3.8) is 0 Å². The average Bonchev–Trinajstić information content (AvgIpc) is 3.26. The lowest BCUT2D eigenvalue weighted by atomic mass is 10.2. The number of benzene rings is 3. The maximum Gasteiger partial charge on any atom is 0.286 e. The minimum Gasteiger partial charge on any atom is -0.378 e. The lowest BCUT2D eigenvalue weighted by Gasteiger charge is -2.11. The maximum atomic E-state index is 12.6. The topological polar surface area (TPSA) is 37.6 Å². The van der Waals surface area contributed by atoms with Gasteiger partial charge in [0, 0.05) is 30.6 Å². The quantitative estimate of drug-likeness (QED) is 0.426. The SMILES string of the molecule is CN(C)c1ccc(C=C2SC(n3c4ccccc4c4ccccc43)=NC2=O)cc1. The Morgan fingerprint density at radius 3 is 2.03 bits per heavy atom. The summed E-state index contributed by atoms with van der Waals surface area (Å²) in [5.41, 5.74) is 4.23. The predicted molar refractivity (Wildman–Crippen MR) is 124 cm³/mol. The number of fused-ring (bicyclic) bond motifs is 3. The summed E-state index contributed by atoms with van der Waals surface area (Å²) in [6, 6.07) is 24.6. The van der Waals surface area contributed by atoms with E-state index in [0.717, 1.165) is 33.1 Å². The number of carbonyl (C=O) groups is 1. The van der Waals surface area contributed by atoms with Crippen molar-refractivity contribution in [1.29, 1.82) is 0 Å². The van der Waals surface area contributed by atoms with Crippen LogP contribution in [-0.4, -0.2) is 29.7 Å². The first-order valence-corrected chi connectivity index (χ1v) is 10.2. The van der Waals surface area contributed by atoms with Crippen LogP contribution in [0, 0.1) is 0 Å². The zero-order valence-corrected chi connectivity index (χ0v) is 17.0. The molecule has 4 nitrogen and oxygen atoms in total. The van der Waals surface area contributed by atoms with E-state index in [1.54, 1.807) is 0 Å². The Labute approximate surface area is 173 Å². The van der Waals surface area contributed by atoms with Crippen molar-refractivity contribution in [3.05, 3.63) is 83.3 Å². The van der Waals surface area contributed by atoms with Gasteiger partial charge in [0.25, 0.3) is 5.91 Å². The van der Waals surface area contributed by atoms with Gasteiger partial charge >= 0.3 is 0 Å². The summed E-state index contributed by atoms with van der Waals surface area (Å²) in [7, 11) is 4.02. The maximum absolute atomic E-state index is 12.6. The van der Waals surface area contributed by atoms with Gasteiger partial charge in [-0.1, -0.05) is 48.5 Å². The number of aliphatic imine (C=N–C) groups is 1. The predicted octanol–water partition coefficient (Wildman–Crippen LogP) is 5.38. The van der Waals surface area contributed by atoms with Crippen LogP contribution in [0.15, 0.2) is 82.7 Å². The third-order valence-corrected chi connectivity index (χ3v) is 6.06. The van der Waals surface area contributed by atoms with Gasteiger partial charge in [0.15, 0.2) is 5.17 Å². The summed E-state index contributed by atoms with van der Waals surface area (Å²) in [5.74, 6) is -0.191. The highest BCUT2D eigenvalue weighted by atomic mass is 32.2. The van der Waals surface area contributed by atoms with E-state index in [0.29, 0.717) is 10.1 Å². The zero-order chi connectivity index (χ0) is 20.0. The van der Waals surface area contributed by atoms with Crippen LogP contribution in [0.25, 0.3) is 27.9 Å². The fraction of sp³-hybridized carbons (Fsp3) is 0.0833. The second-order valence-electron chi connectivity index (χ2n) is 7.17. The van der Waals surface area contributed by atoms with Crippen LogP contribution >= 0.6 is 11.8 Å². The van der Waals surface area contributed by atoms with E-state index in [1.807, 2.05) is 68.7 Å². The van der Waals surface area contributed by atoms with E-state index in [-0.39, 0.29) is 5.91 Å². The molecule has 0 aliphatic carbocycles. The van der Waals surface area contributed by atoms with Gasteiger partial charge in [0.05, 0.1) is 15.9 Å². The summed E-state index contributed by atoms with van der Waals surface area (Å²) >= 11 is 1.43. The third kappa shape index (κ3) is 3.04. The van der Waals surface area contributed by atoms with E-state index in [4.69, 9.17) is 0 Å². The second kappa shape index (κ2) is 6.94. The number of hydrogen-bond donors (Lipinski definition) is 0. The molecule has 0 radical (unpaired) electrons. The van der Waals surface area contributed by atoms with Gasteiger partial charge in [-0.3, -0.25) is 9.36 Å². The molecule has 2 heterocycles. The minimum atomic E-state index is -0.191. The minimum absolute atomic E-state index is 0.191. The lowest BCUT2D eigenvalue weighted by molar-refractivity contribution is -0.113. The molecule has 0 atom stereocenters. The molecule has 1 aromatic heterocycles. The van der Waals surface area contributed by atoms with Crippen LogP contribution in [0.4, 0.5) is 5.69 Å². The molecule has 1 aliphatic heterocycles. The molecule has 0 saturated carbocycles. The van der Waals surface area contributed by atoms with Crippen molar-refractivity contribution in [3.8, 4) is 0 Å². The van der Waals surface area contributed by atoms with Crippen molar-refractivity contribution in [2.45, 2.75) is 0 Å². The van der Waals surface area contributed by atoms with Crippen molar-refractivity contribution in [2.75, 3.05) is 19.0 Å². The number of nitrogens with zero attached hydrogens (tertiary/aromatic N) is 3. The molecule has 1 aliphatic rings. The van der Waals surface area contributed by atoms with Gasteiger partial charge in [-0.25, -0.2) is 0 Å². The largest absolute Gasteiger partial charge is 0.378 e. The molecule has 5 heteroatoms. The molecule has 29 heavy (non-hydrogen) atoms. The Bertz CT molecular complexity index is 1260. The van der Waals surface area contributed by atoms with Crippen molar-refractivity contribution < 1.29 is 4.79 Å². The van der Waals surface area contributed by atoms with Crippen LogP contribution < -0.4 is 4.90 Å². The fourth-order valence-corrected chi connectivity index (χ4v) is 4.58. The first-order chi connectivity index (χ1) is 14.1. The van der Waals surface area contributed by atoms with Gasteiger partial charge in [0.1, 0.15) is 0 Å².